The van der Waals surface area contributed by atoms with Crippen LogP contribution in [0.4, 0.5) is 5.82 Å². The minimum Gasteiger partial charge on any atom is -0.383 e. The van der Waals surface area contributed by atoms with E-state index in [0.29, 0.717) is 6.61 Å². The fraction of sp³-hybridized carbons (Fsp3) is 0.636. The zero-order valence-corrected chi connectivity index (χ0v) is 10.00. The first-order valence-electron chi connectivity index (χ1n) is 5.73. The summed E-state index contributed by atoms with van der Waals surface area (Å²) in [4.78, 5) is 15.4. The predicted molar refractivity (Wildman–Crippen MR) is 62.5 cm³/mol. The maximum atomic E-state index is 11.7. The molecule has 1 aliphatic rings. The molecule has 3 atom stereocenters. The van der Waals surface area contributed by atoms with Gasteiger partial charge >= 0.3 is 5.69 Å². The summed E-state index contributed by atoms with van der Waals surface area (Å²) < 4.78 is 12.7. The molecule has 1 aliphatic heterocycles. The quantitative estimate of drug-likeness (QED) is 0.832. The SMILES string of the molecule is CCO[C@H]1CC(C)OC1n1ccc(N)nc1=O. The van der Waals surface area contributed by atoms with Crippen LogP contribution in [0.5, 0.6) is 0 Å². The molecule has 0 amide bonds. The van der Waals surface area contributed by atoms with Gasteiger partial charge in [0.15, 0.2) is 6.23 Å². The molecule has 1 fully saturated rings. The smallest absolute Gasteiger partial charge is 0.351 e. The van der Waals surface area contributed by atoms with Gasteiger partial charge in [0.2, 0.25) is 0 Å². The Morgan fingerprint density at radius 2 is 2.47 bits per heavy atom. The molecule has 0 saturated carbocycles. The van der Waals surface area contributed by atoms with Gasteiger partial charge in [0.1, 0.15) is 11.9 Å². The summed E-state index contributed by atoms with van der Waals surface area (Å²) in [5, 5.41) is 0. The van der Waals surface area contributed by atoms with Gasteiger partial charge in [-0.05, 0) is 19.9 Å². The van der Waals surface area contributed by atoms with E-state index in [9.17, 15) is 4.79 Å². The molecule has 2 unspecified atom stereocenters. The van der Waals surface area contributed by atoms with Crippen molar-refractivity contribution < 1.29 is 9.47 Å². The van der Waals surface area contributed by atoms with Crippen molar-refractivity contribution in [2.75, 3.05) is 12.3 Å². The minimum absolute atomic E-state index is 0.0704. The Balaban J connectivity index is 2.28. The van der Waals surface area contributed by atoms with Crippen LogP contribution in [0.1, 0.15) is 26.5 Å². The highest BCUT2D eigenvalue weighted by Gasteiger charge is 2.35. The highest BCUT2D eigenvalue weighted by Crippen LogP contribution is 2.29. The van der Waals surface area contributed by atoms with Crippen LogP contribution in [-0.4, -0.2) is 28.4 Å². The standard InChI is InChI=1S/C11H17N3O3/c1-3-16-8-6-7(2)17-10(8)14-5-4-9(12)13-11(14)15/h4-5,7-8,10H,3,6H2,1-2H3,(H2,12,13,15)/t7?,8-,10?/m0/s1. The molecule has 2 N–H and O–H groups in total. The highest BCUT2D eigenvalue weighted by molar-refractivity contribution is 5.23. The van der Waals surface area contributed by atoms with Crippen molar-refractivity contribution in [3.63, 3.8) is 0 Å². The molecule has 17 heavy (non-hydrogen) atoms. The fourth-order valence-corrected chi connectivity index (χ4v) is 2.05. The Labute approximate surface area is 99.4 Å². The summed E-state index contributed by atoms with van der Waals surface area (Å²) in [5.41, 5.74) is 5.04. The number of nitrogens with two attached hydrogens (primary N) is 1. The summed E-state index contributed by atoms with van der Waals surface area (Å²) in [6.07, 6.45) is 1.92. The van der Waals surface area contributed by atoms with Crippen molar-refractivity contribution in [3.8, 4) is 0 Å². The van der Waals surface area contributed by atoms with Gasteiger partial charge in [-0.1, -0.05) is 0 Å². The lowest BCUT2D eigenvalue weighted by Crippen LogP contribution is -2.33. The van der Waals surface area contributed by atoms with E-state index in [1.54, 1.807) is 12.3 Å². The number of aromatic nitrogens is 2. The van der Waals surface area contributed by atoms with E-state index in [-0.39, 0.29) is 18.0 Å². The number of anilines is 1. The average Bonchev–Trinajstić information content (AvgIpc) is 2.60. The van der Waals surface area contributed by atoms with E-state index in [1.807, 2.05) is 13.8 Å². The van der Waals surface area contributed by atoms with Crippen molar-refractivity contribution in [2.45, 2.75) is 38.7 Å². The first kappa shape index (κ1) is 12.1. The lowest BCUT2D eigenvalue weighted by molar-refractivity contribution is -0.0591. The summed E-state index contributed by atoms with van der Waals surface area (Å²) >= 11 is 0. The number of rotatable bonds is 3. The Kier molecular flexibility index (Phi) is 3.44. The van der Waals surface area contributed by atoms with E-state index in [0.717, 1.165) is 6.42 Å². The van der Waals surface area contributed by atoms with Crippen LogP contribution >= 0.6 is 0 Å². The van der Waals surface area contributed by atoms with Crippen LogP contribution in [-0.2, 0) is 9.47 Å². The first-order valence-corrected chi connectivity index (χ1v) is 5.73. The molecule has 6 heteroatoms. The third-order valence-corrected chi connectivity index (χ3v) is 2.76. The Morgan fingerprint density at radius 1 is 1.71 bits per heavy atom. The molecule has 0 radical (unpaired) electrons. The number of nitrogen functional groups attached to an aromatic ring is 1. The van der Waals surface area contributed by atoms with Crippen molar-refractivity contribution in [2.24, 2.45) is 0 Å². The number of ether oxygens (including phenoxy) is 2. The topological polar surface area (TPSA) is 79.4 Å². The third-order valence-electron chi connectivity index (χ3n) is 2.76. The van der Waals surface area contributed by atoms with Crippen LogP contribution in [0.2, 0.25) is 0 Å². The molecule has 2 heterocycles. The molecule has 94 valence electrons. The molecule has 0 aromatic carbocycles. The fourth-order valence-electron chi connectivity index (χ4n) is 2.05. The first-order chi connectivity index (χ1) is 8.11. The average molecular weight is 239 g/mol. The molecule has 0 bridgehead atoms. The van der Waals surface area contributed by atoms with E-state index in [4.69, 9.17) is 15.2 Å². The minimum atomic E-state index is -0.412. The molecule has 0 aliphatic carbocycles. The molecule has 2 rings (SSSR count). The number of nitrogens with zero attached hydrogens (tertiary/aromatic N) is 2. The maximum absolute atomic E-state index is 11.7. The summed E-state index contributed by atoms with van der Waals surface area (Å²) in [6, 6.07) is 1.58. The zero-order chi connectivity index (χ0) is 12.4. The molecular formula is C11H17N3O3. The normalized spacial score (nSPS) is 28.5. The molecule has 1 saturated heterocycles. The van der Waals surface area contributed by atoms with E-state index < -0.39 is 11.9 Å². The van der Waals surface area contributed by atoms with Crippen LogP contribution in [0.3, 0.4) is 0 Å². The van der Waals surface area contributed by atoms with Crippen molar-refractivity contribution in [3.05, 3.63) is 22.7 Å². The second-order valence-electron chi connectivity index (χ2n) is 4.11. The Hall–Kier alpha value is -1.40. The third kappa shape index (κ3) is 2.48. The largest absolute Gasteiger partial charge is 0.383 e. The van der Waals surface area contributed by atoms with Crippen molar-refractivity contribution in [1.29, 1.82) is 0 Å². The van der Waals surface area contributed by atoms with Gasteiger partial charge in [0.05, 0.1) is 6.10 Å². The molecule has 0 spiro atoms. The second kappa shape index (κ2) is 4.85. The Morgan fingerprint density at radius 3 is 3.12 bits per heavy atom. The van der Waals surface area contributed by atoms with Crippen LogP contribution < -0.4 is 11.4 Å². The Bertz CT molecular complexity index is 446. The summed E-state index contributed by atoms with van der Waals surface area (Å²) in [7, 11) is 0. The lowest BCUT2D eigenvalue weighted by Gasteiger charge is -2.20. The maximum Gasteiger partial charge on any atom is 0.351 e. The van der Waals surface area contributed by atoms with E-state index in [2.05, 4.69) is 4.98 Å². The van der Waals surface area contributed by atoms with Crippen LogP contribution in [0.25, 0.3) is 0 Å². The van der Waals surface area contributed by atoms with Gasteiger partial charge in [0, 0.05) is 19.2 Å². The van der Waals surface area contributed by atoms with E-state index >= 15 is 0 Å². The summed E-state index contributed by atoms with van der Waals surface area (Å²) in [6.45, 7) is 4.47. The van der Waals surface area contributed by atoms with Gasteiger partial charge in [-0.25, -0.2) is 4.79 Å². The monoisotopic (exact) mass is 239 g/mol. The predicted octanol–water partition coefficient (Wildman–Crippen LogP) is 0.538. The van der Waals surface area contributed by atoms with Crippen LogP contribution in [0.15, 0.2) is 17.1 Å². The molecule has 6 nitrogen and oxygen atoms in total. The van der Waals surface area contributed by atoms with Gasteiger partial charge < -0.3 is 15.2 Å². The second-order valence-corrected chi connectivity index (χ2v) is 4.11. The van der Waals surface area contributed by atoms with Crippen molar-refractivity contribution >= 4 is 5.82 Å². The molecular weight excluding hydrogens is 222 g/mol. The van der Waals surface area contributed by atoms with Gasteiger partial charge in [-0.2, -0.15) is 4.98 Å². The van der Waals surface area contributed by atoms with Crippen LogP contribution in [0, 0.1) is 0 Å². The summed E-state index contributed by atoms with van der Waals surface area (Å²) in [5.74, 6) is 0.213. The zero-order valence-electron chi connectivity index (χ0n) is 10.00. The van der Waals surface area contributed by atoms with Gasteiger partial charge in [0.25, 0.3) is 0 Å². The van der Waals surface area contributed by atoms with E-state index in [1.165, 1.54) is 4.57 Å². The molecule has 1 aromatic heterocycles. The van der Waals surface area contributed by atoms with Crippen molar-refractivity contribution in [1.82, 2.24) is 9.55 Å². The number of hydrogen-bond acceptors (Lipinski definition) is 5. The lowest BCUT2D eigenvalue weighted by atomic mass is 10.2. The van der Waals surface area contributed by atoms with Gasteiger partial charge in [-0.3, -0.25) is 4.57 Å². The van der Waals surface area contributed by atoms with Gasteiger partial charge in [-0.15, -0.1) is 0 Å². The number of hydrogen-bond donors (Lipinski definition) is 1. The highest BCUT2D eigenvalue weighted by atomic mass is 16.6. The molecule has 1 aromatic rings.